The van der Waals surface area contributed by atoms with Crippen LogP contribution in [0.4, 0.5) is 0 Å². The van der Waals surface area contributed by atoms with E-state index in [1.807, 2.05) is 54.3 Å². The van der Waals surface area contributed by atoms with Crippen molar-refractivity contribution in [2.75, 3.05) is 13.1 Å². The van der Waals surface area contributed by atoms with Gasteiger partial charge in [0.25, 0.3) is 5.91 Å². The topological polar surface area (TPSA) is 75.4 Å². The Morgan fingerprint density at radius 3 is 2.48 bits per heavy atom. The van der Waals surface area contributed by atoms with Gasteiger partial charge in [-0.3, -0.25) is 9.59 Å². The first-order chi connectivity index (χ1) is 15.1. The summed E-state index contributed by atoms with van der Waals surface area (Å²) in [5.74, 6) is 1.34. The summed E-state index contributed by atoms with van der Waals surface area (Å²) >= 11 is 0. The van der Waals surface area contributed by atoms with Gasteiger partial charge in [-0.15, -0.1) is 0 Å². The highest BCUT2D eigenvalue weighted by atomic mass is 16.4. The summed E-state index contributed by atoms with van der Waals surface area (Å²) < 4.78 is 5.82. The van der Waals surface area contributed by atoms with Crippen molar-refractivity contribution in [1.82, 2.24) is 15.2 Å². The van der Waals surface area contributed by atoms with E-state index in [0.717, 1.165) is 24.2 Å². The van der Waals surface area contributed by atoms with Gasteiger partial charge in [-0.05, 0) is 31.9 Å². The fraction of sp³-hybridized carbons (Fsp3) is 0.320. The summed E-state index contributed by atoms with van der Waals surface area (Å²) in [6.07, 6.45) is 4.09. The Morgan fingerprint density at radius 1 is 1.06 bits per heavy atom. The molecule has 0 saturated carbocycles. The largest absolute Gasteiger partial charge is 0.441 e. The summed E-state index contributed by atoms with van der Waals surface area (Å²) in [6.45, 7) is 3.35. The van der Waals surface area contributed by atoms with Crippen molar-refractivity contribution in [1.29, 1.82) is 0 Å². The summed E-state index contributed by atoms with van der Waals surface area (Å²) in [4.78, 5) is 31.1. The second-order valence-electron chi connectivity index (χ2n) is 7.98. The first-order valence-electron chi connectivity index (χ1n) is 10.7. The molecule has 1 aromatic heterocycles. The van der Waals surface area contributed by atoms with Gasteiger partial charge in [0.15, 0.2) is 11.7 Å². The predicted octanol–water partition coefficient (Wildman–Crippen LogP) is 4.00. The monoisotopic (exact) mass is 417 g/mol. The number of carbonyl (C=O) groups excluding carboxylic acids is 2. The van der Waals surface area contributed by atoms with Crippen LogP contribution in [0.1, 0.15) is 41.1 Å². The van der Waals surface area contributed by atoms with Gasteiger partial charge >= 0.3 is 0 Å². The third kappa shape index (κ3) is 5.40. The van der Waals surface area contributed by atoms with Gasteiger partial charge in [0, 0.05) is 43.1 Å². The van der Waals surface area contributed by atoms with Gasteiger partial charge in [0.2, 0.25) is 5.91 Å². The van der Waals surface area contributed by atoms with E-state index >= 15 is 0 Å². The van der Waals surface area contributed by atoms with Crippen LogP contribution >= 0.6 is 0 Å². The Hall–Kier alpha value is -3.41. The lowest BCUT2D eigenvalue weighted by atomic mass is 10.0. The number of carbonyl (C=O) groups is 2. The van der Waals surface area contributed by atoms with Crippen molar-refractivity contribution in [3.8, 4) is 11.3 Å². The van der Waals surface area contributed by atoms with E-state index in [2.05, 4.69) is 10.3 Å². The fourth-order valence-corrected chi connectivity index (χ4v) is 3.78. The van der Waals surface area contributed by atoms with Crippen LogP contribution < -0.4 is 5.32 Å². The molecule has 1 N–H and O–H groups in total. The first kappa shape index (κ1) is 20.8. The predicted molar refractivity (Wildman–Crippen MR) is 119 cm³/mol. The number of hydrogen-bond donors (Lipinski definition) is 1. The first-order valence-corrected chi connectivity index (χ1v) is 10.7. The highest BCUT2D eigenvalue weighted by molar-refractivity contribution is 5.94. The number of oxazole rings is 1. The quantitative estimate of drug-likeness (QED) is 0.658. The molecule has 6 nitrogen and oxygen atoms in total. The number of rotatable bonds is 6. The van der Waals surface area contributed by atoms with Crippen LogP contribution in [0.2, 0.25) is 0 Å². The minimum atomic E-state index is -0.0568. The van der Waals surface area contributed by atoms with Gasteiger partial charge in [-0.25, -0.2) is 4.98 Å². The number of aromatic nitrogens is 1. The number of nitrogens with one attached hydrogen (secondary N) is 1. The maximum atomic E-state index is 12.6. The normalized spacial score (nSPS) is 14.4. The molecule has 0 atom stereocenters. The molecule has 0 spiro atoms. The summed E-state index contributed by atoms with van der Waals surface area (Å²) in [5.41, 5.74) is 2.84. The third-order valence-corrected chi connectivity index (χ3v) is 5.66. The molecule has 1 fully saturated rings. The molecule has 1 aliphatic heterocycles. The standard InChI is InChI=1S/C25H27N3O3/c1-18-7-9-19(10-8-18)22-17-26-23(31-22)11-12-24(29)28-15-13-21(14-16-28)27-25(30)20-5-3-2-4-6-20/h2-10,17,21H,11-16H2,1H3,(H,27,30). The van der Waals surface area contributed by atoms with Crippen LogP contribution in [0.3, 0.4) is 0 Å². The molecule has 2 amide bonds. The second-order valence-corrected chi connectivity index (χ2v) is 7.98. The zero-order valence-corrected chi connectivity index (χ0v) is 17.7. The Balaban J connectivity index is 1.22. The van der Waals surface area contributed by atoms with Crippen molar-refractivity contribution in [3.63, 3.8) is 0 Å². The summed E-state index contributed by atoms with van der Waals surface area (Å²) in [6, 6.07) is 17.4. The molecule has 4 rings (SSSR count). The van der Waals surface area contributed by atoms with E-state index in [0.29, 0.717) is 37.4 Å². The molecule has 3 aromatic rings. The lowest BCUT2D eigenvalue weighted by Crippen LogP contribution is -2.46. The Kier molecular flexibility index (Phi) is 6.46. The smallest absolute Gasteiger partial charge is 0.251 e. The van der Waals surface area contributed by atoms with Gasteiger partial charge in [-0.2, -0.15) is 0 Å². The van der Waals surface area contributed by atoms with Gasteiger partial charge in [0.1, 0.15) is 0 Å². The van der Waals surface area contributed by atoms with Crippen LogP contribution in [0.25, 0.3) is 11.3 Å². The SMILES string of the molecule is Cc1ccc(-c2cnc(CCC(=O)N3CCC(NC(=O)c4ccccc4)CC3)o2)cc1. The molecular formula is C25H27N3O3. The summed E-state index contributed by atoms with van der Waals surface area (Å²) in [5, 5.41) is 3.07. The van der Waals surface area contributed by atoms with Crippen LogP contribution in [-0.4, -0.2) is 40.8 Å². The molecule has 1 saturated heterocycles. The molecule has 0 aliphatic carbocycles. The van der Waals surface area contributed by atoms with E-state index in [1.54, 1.807) is 18.3 Å². The highest BCUT2D eigenvalue weighted by Gasteiger charge is 2.24. The molecule has 1 aliphatic rings. The lowest BCUT2D eigenvalue weighted by Gasteiger charge is -2.32. The zero-order valence-electron chi connectivity index (χ0n) is 17.7. The van der Waals surface area contributed by atoms with E-state index in [-0.39, 0.29) is 17.9 Å². The molecule has 2 aromatic carbocycles. The van der Waals surface area contributed by atoms with Crippen molar-refractivity contribution in [2.24, 2.45) is 0 Å². The van der Waals surface area contributed by atoms with Crippen LogP contribution in [0.5, 0.6) is 0 Å². The third-order valence-electron chi connectivity index (χ3n) is 5.66. The van der Waals surface area contributed by atoms with Crippen molar-refractivity contribution in [3.05, 3.63) is 77.8 Å². The number of benzene rings is 2. The molecule has 0 unspecified atom stereocenters. The van der Waals surface area contributed by atoms with Gasteiger partial charge < -0.3 is 14.6 Å². The van der Waals surface area contributed by atoms with Crippen LogP contribution in [0.15, 0.2) is 65.2 Å². The Morgan fingerprint density at radius 2 is 1.77 bits per heavy atom. The Labute approximate surface area is 182 Å². The molecule has 0 bridgehead atoms. The van der Waals surface area contributed by atoms with E-state index in [9.17, 15) is 9.59 Å². The number of amides is 2. The second kappa shape index (κ2) is 9.60. The average molecular weight is 418 g/mol. The minimum Gasteiger partial charge on any atom is -0.441 e. The van der Waals surface area contributed by atoms with E-state index < -0.39 is 0 Å². The number of nitrogens with zero attached hydrogens (tertiary/aromatic N) is 2. The zero-order chi connectivity index (χ0) is 21.6. The van der Waals surface area contributed by atoms with E-state index in [4.69, 9.17) is 4.42 Å². The van der Waals surface area contributed by atoms with Crippen LogP contribution in [0, 0.1) is 6.92 Å². The molecule has 2 heterocycles. The maximum absolute atomic E-state index is 12.6. The number of piperidine rings is 1. The van der Waals surface area contributed by atoms with Crippen LogP contribution in [-0.2, 0) is 11.2 Å². The Bertz CT molecular complexity index is 1020. The number of hydrogen-bond acceptors (Lipinski definition) is 4. The molecule has 160 valence electrons. The molecule has 31 heavy (non-hydrogen) atoms. The van der Waals surface area contributed by atoms with Crippen molar-refractivity contribution >= 4 is 11.8 Å². The average Bonchev–Trinajstić information content (AvgIpc) is 3.28. The maximum Gasteiger partial charge on any atom is 0.251 e. The molecular weight excluding hydrogens is 390 g/mol. The number of likely N-dealkylation sites (tertiary alicyclic amines) is 1. The minimum absolute atomic E-state index is 0.0568. The lowest BCUT2D eigenvalue weighted by molar-refractivity contribution is -0.132. The molecule has 0 radical (unpaired) electrons. The number of aryl methyl sites for hydroxylation is 2. The van der Waals surface area contributed by atoms with Gasteiger partial charge in [0.05, 0.1) is 6.20 Å². The van der Waals surface area contributed by atoms with E-state index in [1.165, 1.54) is 5.56 Å². The fourth-order valence-electron chi connectivity index (χ4n) is 3.78. The van der Waals surface area contributed by atoms with Crippen molar-refractivity contribution in [2.45, 2.75) is 38.6 Å². The summed E-state index contributed by atoms with van der Waals surface area (Å²) in [7, 11) is 0. The highest BCUT2D eigenvalue weighted by Crippen LogP contribution is 2.21. The molecule has 6 heteroatoms. The van der Waals surface area contributed by atoms with Crippen molar-refractivity contribution < 1.29 is 14.0 Å². The van der Waals surface area contributed by atoms with Gasteiger partial charge in [-0.1, -0.05) is 48.0 Å².